The van der Waals surface area contributed by atoms with Gasteiger partial charge in [-0.2, -0.15) is 0 Å². The molecule has 4 heteroatoms. The van der Waals surface area contributed by atoms with Crippen molar-refractivity contribution in [1.82, 2.24) is 0 Å². The van der Waals surface area contributed by atoms with E-state index in [1.54, 1.807) is 11.1 Å². The summed E-state index contributed by atoms with van der Waals surface area (Å²) in [6.45, 7) is 4.67. The van der Waals surface area contributed by atoms with Gasteiger partial charge in [0.05, 0.1) is 0 Å². The van der Waals surface area contributed by atoms with E-state index in [9.17, 15) is 4.79 Å². The summed E-state index contributed by atoms with van der Waals surface area (Å²) in [6, 6.07) is 0. The van der Waals surface area contributed by atoms with Gasteiger partial charge in [0.25, 0.3) is 6.29 Å². The summed E-state index contributed by atoms with van der Waals surface area (Å²) in [7, 11) is 0. The second kappa shape index (κ2) is 5.95. The van der Waals surface area contributed by atoms with Crippen molar-refractivity contribution in [2.45, 2.75) is 77.6 Å². The van der Waals surface area contributed by atoms with E-state index in [4.69, 9.17) is 14.9 Å². The molecule has 1 fully saturated rings. The third kappa shape index (κ3) is 2.52. The molecule has 0 aromatic heterocycles. The van der Waals surface area contributed by atoms with E-state index in [2.05, 4.69) is 26.0 Å². The molecule has 1 saturated carbocycles. The Labute approximate surface area is 149 Å². The van der Waals surface area contributed by atoms with E-state index in [1.807, 2.05) is 0 Å². The molecule has 0 heterocycles. The van der Waals surface area contributed by atoms with Crippen molar-refractivity contribution in [3.05, 3.63) is 23.3 Å². The monoisotopic (exact) mass is 346 g/mol. The lowest BCUT2D eigenvalue weighted by Crippen LogP contribution is -2.44. The Balaban J connectivity index is 1.64. The van der Waals surface area contributed by atoms with Crippen LogP contribution in [0.15, 0.2) is 23.3 Å². The average Bonchev–Trinajstić information content (AvgIpc) is 2.91. The number of ether oxygens (including phenoxy) is 1. The number of esters is 1. The molecule has 0 bridgehead atoms. The van der Waals surface area contributed by atoms with Crippen LogP contribution in [0.1, 0.15) is 65.2 Å². The summed E-state index contributed by atoms with van der Waals surface area (Å²) in [4.78, 5) is 11.7. The highest BCUT2D eigenvalue weighted by atomic mass is 16.6. The zero-order valence-corrected chi connectivity index (χ0v) is 15.3. The van der Waals surface area contributed by atoms with Crippen molar-refractivity contribution in [3.8, 4) is 0 Å². The van der Waals surface area contributed by atoms with E-state index >= 15 is 0 Å². The quantitative estimate of drug-likeness (QED) is 0.456. The van der Waals surface area contributed by atoms with Crippen molar-refractivity contribution >= 4 is 5.97 Å². The maximum atomic E-state index is 11.7. The Kier molecular flexibility index (Phi) is 4.12. The average molecular weight is 346 g/mol. The standard InChI is InChI=1S/C21H30O4/c1-20-11-4-3-5-13(20)6-7-14-15-8-9-17(25-19(24)18(22)23)21(15,2)12-10-16(14)20/h4,11,13,15,17-18,22-23H,3,5-10,12H2,1-2H3/t13?,15-,17?,20-,21-/m0/s1. The molecule has 0 spiro atoms. The highest BCUT2D eigenvalue weighted by Crippen LogP contribution is 2.62. The van der Waals surface area contributed by atoms with Crippen molar-refractivity contribution in [1.29, 1.82) is 0 Å². The molecule has 4 rings (SSSR count). The molecule has 0 saturated heterocycles. The van der Waals surface area contributed by atoms with E-state index in [0.717, 1.165) is 31.6 Å². The number of carbonyl (C=O) groups excluding carboxylic acids is 1. The van der Waals surface area contributed by atoms with Gasteiger partial charge in [0, 0.05) is 10.8 Å². The van der Waals surface area contributed by atoms with Crippen LogP contribution >= 0.6 is 0 Å². The van der Waals surface area contributed by atoms with Crippen LogP contribution in [0.3, 0.4) is 0 Å². The lowest BCUT2D eigenvalue weighted by Gasteiger charge is -2.52. The molecule has 2 unspecified atom stereocenters. The number of aliphatic hydroxyl groups is 2. The molecule has 0 aliphatic heterocycles. The van der Waals surface area contributed by atoms with Gasteiger partial charge in [0.15, 0.2) is 0 Å². The van der Waals surface area contributed by atoms with E-state index in [0.29, 0.717) is 5.92 Å². The minimum absolute atomic E-state index is 0.0645. The minimum Gasteiger partial charge on any atom is -0.458 e. The first-order valence-corrected chi connectivity index (χ1v) is 9.83. The Morgan fingerprint density at radius 3 is 2.76 bits per heavy atom. The molecule has 4 aliphatic rings. The van der Waals surface area contributed by atoms with Crippen LogP contribution in [0.4, 0.5) is 0 Å². The Hall–Kier alpha value is -1.13. The van der Waals surface area contributed by atoms with Crippen LogP contribution in [0.5, 0.6) is 0 Å². The summed E-state index contributed by atoms with van der Waals surface area (Å²) in [6.07, 6.45) is 11.5. The molecule has 2 N–H and O–H groups in total. The van der Waals surface area contributed by atoms with E-state index in [-0.39, 0.29) is 16.9 Å². The fourth-order valence-electron chi connectivity index (χ4n) is 6.39. The van der Waals surface area contributed by atoms with E-state index < -0.39 is 12.3 Å². The van der Waals surface area contributed by atoms with Gasteiger partial charge in [-0.25, -0.2) is 4.79 Å². The van der Waals surface area contributed by atoms with Gasteiger partial charge in [0.2, 0.25) is 0 Å². The highest BCUT2D eigenvalue weighted by molar-refractivity contribution is 5.72. The fraction of sp³-hybridized carbons (Fsp3) is 0.762. The van der Waals surface area contributed by atoms with Crippen molar-refractivity contribution in [3.63, 3.8) is 0 Å². The SMILES string of the molecule is C[C@]12C=CCCC1CCC1=C2CC[C@]2(C)C(OC(=O)C(O)O)CC[C@@H]12. The molecule has 0 radical (unpaired) electrons. The highest BCUT2D eigenvalue weighted by Gasteiger charge is 2.55. The lowest BCUT2D eigenvalue weighted by molar-refractivity contribution is -0.184. The van der Waals surface area contributed by atoms with Gasteiger partial charge < -0.3 is 14.9 Å². The van der Waals surface area contributed by atoms with Crippen LogP contribution in [-0.4, -0.2) is 28.6 Å². The summed E-state index contributed by atoms with van der Waals surface area (Å²) < 4.78 is 5.48. The van der Waals surface area contributed by atoms with Gasteiger partial charge in [-0.3, -0.25) is 0 Å². The van der Waals surface area contributed by atoms with Gasteiger partial charge in [-0.15, -0.1) is 0 Å². The molecule has 25 heavy (non-hydrogen) atoms. The Morgan fingerprint density at radius 2 is 2.00 bits per heavy atom. The molecular formula is C21H30O4. The predicted octanol–water partition coefficient (Wildman–Crippen LogP) is 3.48. The number of hydrogen-bond acceptors (Lipinski definition) is 4. The van der Waals surface area contributed by atoms with Crippen molar-refractivity contribution < 1.29 is 19.7 Å². The second-order valence-electron chi connectivity index (χ2n) is 8.94. The Bertz CT molecular complexity index is 634. The topological polar surface area (TPSA) is 66.8 Å². The van der Waals surface area contributed by atoms with Gasteiger partial charge in [-0.1, -0.05) is 37.1 Å². The number of carbonyl (C=O) groups is 1. The molecular weight excluding hydrogens is 316 g/mol. The second-order valence-corrected chi connectivity index (χ2v) is 8.94. The first-order valence-electron chi connectivity index (χ1n) is 9.83. The first kappa shape index (κ1) is 17.3. The summed E-state index contributed by atoms with van der Waals surface area (Å²) in [5, 5.41) is 18.2. The van der Waals surface area contributed by atoms with E-state index in [1.165, 1.54) is 25.7 Å². The van der Waals surface area contributed by atoms with Crippen LogP contribution < -0.4 is 0 Å². The maximum absolute atomic E-state index is 11.7. The molecule has 138 valence electrons. The molecule has 0 amide bonds. The number of rotatable bonds is 2. The van der Waals surface area contributed by atoms with Crippen LogP contribution in [-0.2, 0) is 9.53 Å². The largest absolute Gasteiger partial charge is 0.458 e. The number of allylic oxidation sites excluding steroid dienone is 4. The maximum Gasteiger partial charge on any atom is 0.363 e. The zero-order valence-electron chi connectivity index (χ0n) is 15.3. The minimum atomic E-state index is -2.03. The summed E-state index contributed by atoms with van der Waals surface area (Å²) >= 11 is 0. The summed E-state index contributed by atoms with van der Waals surface area (Å²) in [5.74, 6) is 0.343. The van der Waals surface area contributed by atoms with Gasteiger partial charge >= 0.3 is 5.97 Å². The summed E-state index contributed by atoms with van der Waals surface area (Å²) in [5.41, 5.74) is 3.45. The van der Waals surface area contributed by atoms with Crippen LogP contribution in [0.25, 0.3) is 0 Å². The normalized spacial score (nSPS) is 42.8. The molecule has 4 nitrogen and oxygen atoms in total. The third-order valence-electron chi connectivity index (χ3n) is 7.85. The predicted molar refractivity (Wildman–Crippen MR) is 94.4 cm³/mol. The van der Waals surface area contributed by atoms with Crippen LogP contribution in [0.2, 0.25) is 0 Å². The molecule has 0 aromatic carbocycles. The molecule has 5 atom stereocenters. The van der Waals surface area contributed by atoms with Crippen molar-refractivity contribution in [2.24, 2.45) is 22.7 Å². The molecule has 4 aliphatic carbocycles. The third-order valence-corrected chi connectivity index (χ3v) is 7.85. The lowest BCUT2D eigenvalue weighted by atomic mass is 9.53. The van der Waals surface area contributed by atoms with Gasteiger partial charge in [0.1, 0.15) is 6.10 Å². The smallest absolute Gasteiger partial charge is 0.363 e. The number of aliphatic hydroxyl groups excluding tert-OH is 1. The fourth-order valence-corrected chi connectivity index (χ4v) is 6.39. The Morgan fingerprint density at radius 1 is 1.20 bits per heavy atom. The van der Waals surface area contributed by atoms with Crippen LogP contribution in [0, 0.1) is 22.7 Å². The zero-order chi connectivity index (χ0) is 17.8. The number of fused-ring (bicyclic) bond motifs is 4. The first-order chi connectivity index (χ1) is 11.9. The van der Waals surface area contributed by atoms with Gasteiger partial charge in [-0.05, 0) is 63.2 Å². The number of hydrogen-bond donors (Lipinski definition) is 2. The van der Waals surface area contributed by atoms with Crippen molar-refractivity contribution in [2.75, 3.05) is 0 Å². The molecule has 0 aromatic rings.